The van der Waals surface area contributed by atoms with Crippen molar-refractivity contribution in [2.75, 3.05) is 47.5 Å². The molecule has 0 aliphatic rings. The van der Waals surface area contributed by atoms with Crippen LogP contribution in [0.25, 0.3) is 0 Å². The molecule has 10 heteroatoms. The van der Waals surface area contributed by atoms with Crippen LogP contribution in [0, 0.1) is 0 Å². The van der Waals surface area contributed by atoms with Gasteiger partial charge >= 0.3 is 11.9 Å². The van der Waals surface area contributed by atoms with Crippen molar-refractivity contribution in [2.24, 2.45) is 0 Å². The highest BCUT2D eigenvalue weighted by atomic mass is 31.2. The van der Waals surface area contributed by atoms with Gasteiger partial charge in [-0.25, -0.2) is 0 Å². The van der Waals surface area contributed by atoms with Crippen LogP contribution in [0.15, 0.2) is 0 Å². The molecule has 0 bridgehead atoms. The monoisotopic (exact) mass is 860 g/mol. The third kappa shape index (κ3) is 46.3. The molecule has 0 rings (SSSR count). The van der Waals surface area contributed by atoms with E-state index < -0.39 is 26.5 Å². The van der Waals surface area contributed by atoms with Gasteiger partial charge in [0.15, 0.2) is 6.10 Å². The summed E-state index contributed by atoms with van der Waals surface area (Å²) in [5, 5.41) is 0. The Labute approximate surface area is 365 Å². The topological polar surface area (TPSA) is 111 Å². The average Bonchev–Trinajstić information content (AvgIpc) is 3.19. The summed E-state index contributed by atoms with van der Waals surface area (Å²) in [6.07, 6.45) is 44.1. The zero-order valence-corrected chi connectivity index (χ0v) is 40.6. The molecule has 0 aromatic rings. The molecule has 0 saturated carbocycles. The minimum atomic E-state index is -4.62. The Hall–Kier alpha value is -0.990. The van der Waals surface area contributed by atoms with Crippen molar-refractivity contribution in [3.63, 3.8) is 0 Å². The van der Waals surface area contributed by atoms with Crippen LogP contribution >= 0.6 is 7.82 Å². The van der Waals surface area contributed by atoms with Gasteiger partial charge in [0.1, 0.15) is 19.8 Å². The van der Waals surface area contributed by atoms with Crippen molar-refractivity contribution in [1.82, 2.24) is 0 Å². The summed E-state index contributed by atoms with van der Waals surface area (Å²) in [6.45, 7) is 4.29. The van der Waals surface area contributed by atoms with Gasteiger partial charge in [0, 0.05) is 12.8 Å². The standard InChI is InChI=1S/C49H98NO8P/c1-6-8-10-12-14-16-18-20-22-23-24-25-26-28-30-32-34-36-38-40-42-49(52)58-47(46-57-59(53,54)56-44-43-50(3,4)5)45-55-48(51)41-39-37-35-33-31-29-27-21-19-17-15-13-11-9-7-2/h47H,6-46H2,1-5H3/t47-/m1/s1. The van der Waals surface area contributed by atoms with Crippen molar-refractivity contribution in [2.45, 2.75) is 258 Å². The number of quaternary nitrogens is 1. The summed E-state index contributed by atoms with van der Waals surface area (Å²) < 4.78 is 34.0. The lowest BCUT2D eigenvalue weighted by molar-refractivity contribution is -0.870. The number of likely N-dealkylation sites (N-methyl/N-ethyl adjacent to an activating group) is 1. The fourth-order valence-electron chi connectivity index (χ4n) is 7.42. The lowest BCUT2D eigenvalue weighted by Crippen LogP contribution is -2.37. The van der Waals surface area contributed by atoms with E-state index in [1.54, 1.807) is 0 Å². The molecule has 9 nitrogen and oxygen atoms in total. The molecular formula is C49H98NO8P. The molecular weight excluding hydrogens is 762 g/mol. The van der Waals surface area contributed by atoms with E-state index in [0.29, 0.717) is 17.4 Å². The second-order valence-electron chi connectivity index (χ2n) is 18.6. The maximum absolute atomic E-state index is 12.7. The molecule has 0 aromatic heterocycles. The van der Waals surface area contributed by atoms with Gasteiger partial charge in [-0.15, -0.1) is 0 Å². The van der Waals surface area contributed by atoms with E-state index in [1.807, 2.05) is 21.1 Å². The number of ether oxygens (including phenoxy) is 2. The maximum Gasteiger partial charge on any atom is 0.306 e. The molecule has 0 N–H and O–H groups in total. The predicted molar refractivity (Wildman–Crippen MR) is 245 cm³/mol. The Kier molecular flexibility index (Phi) is 41.6. The summed E-state index contributed by atoms with van der Waals surface area (Å²) in [6, 6.07) is 0. The number of hydrogen-bond donors (Lipinski definition) is 0. The van der Waals surface area contributed by atoms with Crippen molar-refractivity contribution >= 4 is 19.8 Å². The summed E-state index contributed by atoms with van der Waals surface area (Å²) >= 11 is 0. The van der Waals surface area contributed by atoms with E-state index in [0.717, 1.165) is 32.1 Å². The molecule has 2 atom stereocenters. The van der Waals surface area contributed by atoms with E-state index in [9.17, 15) is 19.0 Å². The first-order chi connectivity index (χ1) is 28.5. The summed E-state index contributed by atoms with van der Waals surface area (Å²) in [5.74, 6) is -0.814. The van der Waals surface area contributed by atoms with Crippen LogP contribution in [0.3, 0.4) is 0 Å². The smallest absolute Gasteiger partial charge is 0.306 e. The van der Waals surface area contributed by atoms with Crippen LogP contribution in [-0.4, -0.2) is 70.0 Å². The molecule has 0 heterocycles. The fourth-order valence-corrected chi connectivity index (χ4v) is 8.15. The van der Waals surface area contributed by atoms with Crippen LogP contribution in [0.1, 0.15) is 251 Å². The molecule has 0 fully saturated rings. The van der Waals surface area contributed by atoms with Gasteiger partial charge in [-0.1, -0.05) is 226 Å². The lowest BCUT2D eigenvalue weighted by atomic mass is 10.0. The zero-order chi connectivity index (χ0) is 43.6. The van der Waals surface area contributed by atoms with E-state index in [2.05, 4.69) is 13.8 Å². The molecule has 0 spiro atoms. The van der Waals surface area contributed by atoms with Crippen LogP contribution < -0.4 is 4.89 Å². The van der Waals surface area contributed by atoms with Gasteiger partial charge in [0.2, 0.25) is 0 Å². The number of nitrogens with zero attached hydrogens (tertiary/aromatic N) is 1. The zero-order valence-electron chi connectivity index (χ0n) is 39.7. The van der Waals surface area contributed by atoms with Gasteiger partial charge in [0.05, 0.1) is 27.7 Å². The highest BCUT2D eigenvalue weighted by molar-refractivity contribution is 7.45. The maximum atomic E-state index is 12.7. The molecule has 59 heavy (non-hydrogen) atoms. The predicted octanol–water partition coefficient (Wildman–Crippen LogP) is 14.1. The molecule has 0 saturated heterocycles. The van der Waals surface area contributed by atoms with E-state index >= 15 is 0 Å². The summed E-state index contributed by atoms with van der Waals surface area (Å²) in [4.78, 5) is 37.7. The first-order valence-corrected chi connectivity index (χ1v) is 26.7. The number of carbonyl (C=O) groups is 2. The largest absolute Gasteiger partial charge is 0.756 e. The van der Waals surface area contributed by atoms with E-state index in [1.165, 1.54) is 186 Å². The van der Waals surface area contributed by atoms with Gasteiger partial charge in [-0.2, -0.15) is 0 Å². The second kappa shape index (κ2) is 42.3. The molecule has 0 amide bonds. The Balaban J connectivity index is 4.20. The van der Waals surface area contributed by atoms with Crippen molar-refractivity contribution < 1.29 is 42.1 Å². The van der Waals surface area contributed by atoms with Gasteiger partial charge in [-0.05, 0) is 12.8 Å². The van der Waals surface area contributed by atoms with Gasteiger partial charge < -0.3 is 27.9 Å². The highest BCUT2D eigenvalue weighted by Gasteiger charge is 2.21. The van der Waals surface area contributed by atoms with Crippen LogP contribution in [0.2, 0.25) is 0 Å². The Bertz CT molecular complexity index is 974. The normalized spacial score (nSPS) is 13.4. The first kappa shape index (κ1) is 58.0. The number of phosphoric acid groups is 1. The number of rotatable bonds is 47. The molecule has 0 aliphatic carbocycles. The Morgan fingerprint density at radius 2 is 0.763 bits per heavy atom. The third-order valence-electron chi connectivity index (χ3n) is 11.4. The average molecular weight is 860 g/mol. The first-order valence-electron chi connectivity index (χ1n) is 25.2. The fraction of sp³-hybridized carbons (Fsp3) is 0.959. The molecule has 0 aromatic carbocycles. The second-order valence-corrected chi connectivity index (χ2v) is 20.0. The molecule has 352 valence electrons. The minimum absolute atomic E-state index is 0.0254. The number of esters is 2. The molecule has 0 aliphatic heterocycles. The van der Waals surface area contributed by atoms with Crippen LogP contribution in [0.5, 0.6) is 0 Å². The van der Waals surface area contributed by atoms with Crippen molar-refractivity contribution in [3.05, 3.63) is 0 Å². The molecule has 0 radical (unpaired) electrons. The van der Waals surface area contributed by atoms with E-state index in [-0.39, 0.29) is 32.0 Å². The number of phosphoric ester groups is 1. The van der Waals surface area contributed by atoms with Crippen LogP contribution in [0.4, 0.5) is 0 Å². The third-order valence-corrected chi connectivity index (χ3v) is 12.3. The highest BCUT2D eigenvalue weighted by Crippen LogP contribution is 2.38. The Morgan fingerprint density at radius 1 is 0.458 bits per heavy atom. The minimum Gasteiger partial charge on any atom is -0.756 e. The SMILES string of the molecule is CCCCCCCCCCCCCCCCCCCCCCC(=O)O[C@H](COC(=O)CCCCCCCCCCCCCCCCC)COP(=O)([O-])OCC[N+](C)(C)C. The van der Waals surface area contributed by atoms with Crippen LogP contribution in [-0.2, 0) is 32.7 Å². The van der Waals surface area contributed by atoms with Crippen molar-refractivity contribution in [1.29, 1.82) is 0 Å². The Morgan fingerprint density at radius 3 is 1.08 bits per heavy atom. The summed E-state index contributed by atoms with van der Waals surface area (Å²) in [7, 11) is 1.19. The lowest BCUT2D eigenvalue weighted by Gasteiger charge is -2.28. The van der Waals surface area contributed by atoms with Gasteiger partial charge in [0.25, 0.3) is 7.82 Å². The number of unbranched alkanes of at least 4 members (excludes halogenated alkanes) is 33. The molecule has 1 unspecified atom stereocenters. The van der Waals surface area contributed by atoms with Crippen molar-refractivity contribution in [3.8, 4) is 0 Å². The quantitative estimate of drug-likeness (QED) is 0.0257. The van der Waals surface area contributed by atoms with Gasteiger partial charge in [-0.3, -0.25) is 14.2 Å². The van der Waals surface area contributed by atoms with E-state index in [4.69, 9.17) is 18.5 Å². The number of hydrogen-bond acceptors (Lipinski definition) is 8. The summed E-state index contributed by atoms with van der Waals surface area (Å²) in [5.41, 5.74) is 0. The number of carbonyl (C=O) groups excluding carboxylic acids is 2.